The lowest BCUT2D eigenvalue weighted by atomic mass is 10.00. The maximum absolute atomic E-state index is 14.9. The Morgan fingerprint density at radius 3 is 3.00 bits per heavy atom. The molecule has 3 aromatic heterocycles. The number of anilines is 2. The van der Waals surface area contributed by atoms with Crippen molar-refractivity contribution in [1.29, 1.82) is 0 Å². The number of halogens is 1. The molecular weight excluding hydrogens is 423 g/mol. The molecule has 0 unspecified atom stereocenters. The number of carbonyl (C=O) groups is 1. The van der Waals surface area contributed by atoms with Crippen molar-refractivity contribution in [2.75, 3.05) is 11.9 Å². The second-order valence-electron chi connectivity index (χ2n) is 7.04. The molecule has 6 nitrogen and oxygen atoms in total. The zero-order chi connectivity index (χ0) is 20.8. The summed E-state index contributed by atoms with van der Waals surface area (Å²) in [6, 6.07) is 7.15. The van der Waals surface area contributed by atoms with Crippen LogP contribution in [0.15, 0.2) is 42.0 Å². The molecular formula is C21H17FN4O2S2. The van der Waals surface area contributed by atoms with Gasteiger partial charge in [0.25, 0.3) is 0 Å². The number of nitrogens with zero attached hydrogens (tertiary/aromatic N) is 3. The fourth-order valence-electron chi connectivity index (χ4n) is 3.79. The van der Waals surface area contributed by atoms with E-state index in [1.165, 1.54) is 27.6 Å². The molecule has 30 heavy (non-hydrogen) atoms. The summed E-state index contributed by atoms with van der Waals surface area (Å²) in [5.41, 5.74) is 4.07. The first-order valence-corrected chi connectivity index (χ1v) is 11.1. The summed E-state index contributed by atoms with van der Waals surface area (Å²) in [5.74, 6) is -0.380. The van der Waals surface area contributed by atoms with Crippen molar-refractivity contribution in [2.45, 2.75) is 19.4 Å². The van der Waals surface area contributed by atoms with Crippen molar-refractivity contribution in [3.63, 3.8) is 0 Å². The summed E-state index contributed by atoms with van der Waals surface area (Å²) >= 11 is 2.91. The summed E-state index contributed by atoms with van der Waals surface area (Å²) in [4.78, 5) is 23.3. The van der Waals surface area contributed by atoms with Gasteiger partial charge >= 0.3 is 6.09 Å². The summed E-state index contributed by atoms with van der Waals surface area (Å²) in [6.45, 7) is 2.39. The van der Waals surface area contributed by atoms with Crippen LogP contribution in [0.5, 0.6) is 0 Å². The average molecular weight is 441 g/mol. The molecule has 1 atom stereocenters. The predicted octanol–water partition coefficient (Wildman–Crippen LogP) is 5.94. The number of thiazole rings is 1. The second-order valence-corrected chi connectivity index (χ2v) is 8.96. The van der Waals surface area contributed by atoms with Gasteiger partial charge < -0.3 is 15.3 Å². The van der Waals surface area contributed by atoms with E-state index in [-0.39, 0.29) is 11.9 Å². The van der Waals surface area contributed by atoms with Crippen molar-refractivity contribution in [3.8, 4) is 0 Å². The highest BCUT2D eigenvalue weighted by atomic mass is 32.1. The number of rotatable bonds is 3. The lowest BCUT2D eigenvalue weighted by molar-refractivity contribution is 0.137. The topological polar surface area (TPSA) is 78.4 Å². The maximum atomic E-state index is 14.9. The smallest absolute Gasteiger partial charge is 0.407 e. The number of thiophene rings is 1. The van der Waals surface area contributed by atoms with E-state index in [0.717, 1.165) is 31.1 Å². The number of carboxylic acid groups (broad SMARTS) is 1. The van der Waals surface area contributed by atoms with Crippen LogP contribution < -0.4 is 5.32 Å². The largest absolute Gasteiger partial charge is 0.465 e. The van der Waals surface area contributed by atoms with Gasteiger partial charge in [-0.3, -0.25) is 0 Å². The van der Waals surface area contributed by atoms with Crippen molar-refractivity contribution in [3.05, 3.63) is 52.7 Å². The fourth-order valence-corrected chi connectivity index (χ4v) is 5.61. The van der Waals surface area contributed by atoms with Gasteiger partial charge in [0, 0.05) is 23.0 Å². The third-order valence-electron chi connectivity index (χ3n) is 5.33. The van der Waals surface area contributed by atoms with Gasteiger partial charge in [0.2, 0.25) is 0 Å². The fraction of sp³-hybridized carbons (Fsp3) is 0.190. The minimum absolute atomic E-state index is 0.231. The number of fused-ring (bicyclic) bond motifs is 2. The maximum Gasteiger partial charge on any atom is 0.407 e. The molecule has 0 fully saturated rings. The highest BCUT2D eigenvalue weighted by Gasteiger charge is 2.27. The van der Waals surface area contributed by atoms with E-state index in [1.807, 2.05) is 25.1 Å². The van der Waals surface area contributed by atoms with Gasteiger partial charge in [0.05, 0.1) is 27.6 Å². The molecule has 2 N–H and O–H groups in total. The van der Waals surface area contributed by atoms with Crippen LogP contribution in [-0.4, -0.2) is 38.7 Å². The van der Waals surface area contributed by atoms with Crippen LogP contribution in [0.25, 0.3) is 26.0 Å². The van der Waals surface area contributed by atoms with Gasteiger partial charge in [-0.05, 0) is 43.2 Å². The first-order valence-electron chi connectivity index (χ1n) is 9.40. The van der Waals surface area contributed by atoms with E-state index in [1.54, 1.807) is 17.8 Å². The van der Waals surface area contributed by atoms with Crippen molar-refractivity contribution >= 4 is 66.1 Å². The Bertz CT molecular complexity index is 1310. The average Bonchev–Trinajstić information content (AvgIpc) is 3.37. The zero-order valence-corrected chi connectivity index (χ0v) is 17.6. The number of hydrogen-bond acceptors (Lipinski definition) is 6. The van der Waals surface area contributed by atoms with Crippen molar-refractivity contribution < 1.29 is 14.3 Å². The van der Waals surface area contributed by atoms with Crippen LogP contribution in [0, 0.1) is 5.82 Å². The molecule has 0 saturated heterocycles. The second kappa shape index (κ2) is 7.33. The molecule has 0 radical (unpaired) electrons. The SMILES string of the molecule is C[C@@H]1C(c2cc3c(Nc4ccc5scnc5c4F)ccnc3s2)=CCCN1C(=O)O. The highest BCUT2D eigenvalue weighted by molar-refractivity contribution is 7.19. The van der Waals surface area contributed by atoms with E-state index in [4.69, 9.17) is 0 Å². The quantitative estimate of drug-likeness (QED) is 0.412. The number of benzene rings is 1. The summed E-state index contributed by atoms with van der Waals surface area (Å²) in [5, 5.41) is 13.5. The van der Waals surface area contributed by atoms with Crippen LogP contribution in [0.3, 0.4) is 0 Å². The van der Waals surface area contributed by atoms with Crippen LogP contribution in [0.1, 0.15) is 18.2 Å². The van der Waals surface area contributed by atoms with Gasteiger partial charge in [-0.25, -0.2) is 19.2 Å². The summed E-state index contributed by atoms with van der Waals surface area (Å²) in [7, 11) is 0. The van der Waals surface area contributed by atoms with E-state index < -0.39 is 6.09 Å². The molecule has 0 spiro atoms. The molecule has 152 valence electrons. The van der Waals surface area contributed by atoms with E-state index in [0.29, 0.717) is 24.2 Å². The zero-order valence-electron chi connectivity index (χ0n) is 15.9. The lowest BCUT2D eigenvalue weighted by Crippen LogP contribution is -2.40. The Kier molecular flexibility index (Phi) is 4.63. The van der Waals surface area contributed by atoms with Gasteiger partial charge in [-0.2, -0.15) is 0 Å². The Morgan fingerprint density at radius 2 is 2.17 bits per heavy atom. The van der Waals surface area contributed by atoms with Gasteiger partial charge in [0.15, 0.2) is 5.82 Å². The Balaban J connectivity index is 1.53. The molecule has 5 rings (SSSR count). The molecule has 1 aliphatic heterocycles. The van der Waals surface area contributed by atoms with Crippen LogP contribution in [0.2, 0.25) is 0 Å². The number of aromatic nitrogens is 2. The first kappa shape index (κ1) is 19.0. The Morgan fingerprint density at radius 1 is 1.30 bits per heavy atom. The van der Waals surface area contributed by atoms with Crippen molar-refractivity contribution in [2.24, 2.45) is 0 Å². The first-order chi connectivity index (χ1) is 14.5. The molecule has 0 bridgehead atoms. The minimum Gasteiger partial charge on any atom is -0.465 e. The van der Waals surface area contributed by atoms with E-state index >= 15 is 0 Å². The molecule has 4 aromatic rings. The number of amides is 1. The van der Waals surface area contributed by atoms with Crippen LogP contribution in [0.4, 0.5) is 20.6 Å². The van der Waals surface area contributed by atoms with Gasteiger partial charge in [-0.1, -0.05) is 6.08 Å². The Labute approximate surface area is 179 Å². The predicted molar refractivity (Wildman–Crippen MR) is 119 cm³/mol. The number of pyridine rings is 1. The molecule has 9 heteroatoms. The standard InChI is InChI=1S/C21H17FN4O2S2/c1-11-12(3-2-8-26(11)21(27)28)17-9-13-14(6-7-23-20(13)30-17)25-15-4-5-16-19(18(15)22)24-10-29-16/h3-7,9-11H,2,8H2,1H3,(H,23,25)(H,27,28)/t11-/m1/s1. The van der Waals surface area contributed by atoms with Crippen LogP contribution in [-0.2, 0) is 0 Å². The van der Waals surface area contributed by atoms with Crippen molar-refractivity contribution in [1.82, 2.24) is 14.9 Å². The molecule has 0 aliphatic carbocycles. The minimum atomic E-state index is -0.914. The normalized spacial score (nSPS) is 16.8. The highest BCUT2D eigenvalue weighted by Crippen LogP contribution is 2.38. The molecule has 4 heterocycles. The molecule has 1 aliphatic rings. The number of nitrogens with one attached hydrogen (secondary N) is 1. The molecule has 0 saturated carbocycles. The summed E-state index contributed by atoms with van der Waals surface area (Å²) < 4.78 is 15.7. The monoisotopic (exact) mass is 440 g/mol. The summed E-state index contributed by atoms with van der Waals surface area (Å²) in [6.07, 6.45) is 3.55. The Hall–Kier alpha value is -3.04. The number of hydrogen-bond donors (Lipinski definition) is 2. The molecule has 1 amide bonds. The van der Waals surface area contributed by atoms with Gasteiger partial charge in [0.1, 0.15) is 10.3 Å². The molecule has 1 aromatic carbocycles. The van der Waals surface area contributed by atoms with E-state index in [2.05, 4.69) is 21.4 Å². The van der Waals surface area contributed by atoms with Gasteiger partial charge in [-0.15, -0.1) is 22.7 Å². The third kappa shape index (κ3) is 3.10. The van der Waals surface area contributed by atoms with E-state index in [9.17, 15) is 14.3 Å². The third-order valence-corrected chi connectivity index (χ3v) is 7.21. The van der Waals surface area contributed by atoms with Crippen LogP contribution >= 0.6 is 22.7 Å². The lowest BCUT2D eigenvalue weighted by Gasteiger charge is -2.31.